The van der Waals surface area contributed by atoms with E-state index in [1.807, 2.05) is 23.1 Å². The molecule has 8 heteroatoms. The number of aliphatic imine (C=N–C) groups is 2. The predicted molar refractivity (Wildman–Crippen MR) is 80.6 cm³/mol. The SMILES string of the molecule is ONC(=NCc1ccccn1)C(=NCc1ccccn1)NO. The van der Waals surface area contributed by atoms with Gasteiger partial charge in [-0.2, -0.15) is 0 Å². The van der Waals surface area contributed by atoms with Crippen molar-refractivity contribution in [3.63, 3.8) is 0 Å². The molecule has 22 heavy (non-hydrogen) atoms. The molecule has 2 aromatic rings. The summed E-state index contributed by atoms with van der Waals surface area (Å²) in [7, 11) is 0. The van der Waals surface area contributed by atoms with Gasteiger partial charge in [-0.25, -0.2) is 11.0 Å². The lowest BCUT2D eigenvalue weighted by Gasteiger charge is -2.07. The number of hydrogen-bond donors (Lipinski definition) is 4. The third-order valence-corrected chi connectivity index (χ3v) is 2.69. The van der Waals surface area contributed by atoms with Crippen LogP contribution in [0.5, 0.6) is 0 Å². The second kappa shape index (κ2) is 8.45. The lowest BCUT2D eigenvalue weighted by molar-refractivity contribution is 0.223. The van der Waals surface area contributed by atoms with Gasteiger partial charge in [-0.1, -0.05) is 12.1 Å². The van der Waals surface area contributed by atoms with Crippen molar-refractivity contribution < 1.29 is 10.4 Å². The van der Waals surface area contributed by atoms with E-state index in [1.54, 1.807) is 36.7 Å². The predicted octanol–water partition coefficient (Wildman–Crippen LogP) is 0.931. The summed E-state index contributed by atoms with van der Waals surface area (Å²) in [5.41, 5.74) is 5.26. The summed E-state index contributed by atoms with van der Waals surface area (Å²) >= 11 is 0. The maximum Gasteiger partial charge on any atom is 0.190 e. The first-order chi connectivity index (χ1) is 10.8. The van der Waals surface area contributed by atoms with Crippen molar-refractivity contribution in [3.8, 4) is 0 Å². The smallest absolute Gasteiger partial charge is 0.190 e. The zero-order valence-electron chi connectivity index (χ0n) is 11.7. The van der Waals surface area contributed by atoms with Gasteiger partial charge in [0.25, 0.3) is 0 Å². The summed E-state index contributed by atoms with van der Waals surface area (Å²) in [4.78, 5) is 16.5. The van der Waals surface area contributed by atoms with E-state index in [0.29, 0.717) is 0 Å². The highest BCUT2D eigenvalue weighted by molar-refractivity contribution is 6.39. The molecule has 0 amide bonds. The van der Waals surface area contributed by atoms with Crippen LogP contribution in [-0.2, 0) is 13.1 Å². The lowest BCUT2D eigenvalue weighted by Crippen LogP contribution is -2.37. The number of nitrogens with zero attached hydrogens (tertiary/aromatic N) is 4. The standard InChI is InChI=1S/C14H16N6O2/c21-19-13(17-9-11-5-1-3-7-15-11)14(20-22)18-10-12-6-2-4-8-16-12/h1-8,21-22H,9-10H2,(H,17,19)(H,18,20). The van der Waals surface area contributed by atoms with Crippen molar-refractivity contribution in [1.82, 2.24) is 20.9 Å². The van der Waals surface area contributed by atoms with Gasteiger partial charge in [0.05, 0.1) is 24.5 Å². The number of hydroxylamine groups is 2. The quantitative estimate of drug-likeness (QED) is 0.379. The Kier molecular flexibility index (Phi) is 5.97. The van der Waals surface area contributed by atoms with Crippen molar-refractivity contribution in [2.75, 3.05) is 0 Å². The molecular formula is C14H16N6O2. The molecule has 2 heterocycles. The number of hydrogen-bond acceptors (Lipinski definition) is 6. The van der Waals surface area contributed by atoms with Gasteiger partial charge in [-0.05, 0) is 24.3 Å². The molecule has 0 saturated heterocycles. The van der Waals surface area contributed by atoms with Gasteiger partial charge in [0.15, 0.2) is 11.7 Å². The largest absolute Gasteiger partial charge is 0.290 e. The molecule has 114 valence electrons. The van der Waals surface area contributed by atoms with E-state index in [0.717, 1.165) is 11.4 Å². The molecule has 4 N–H and O–H groups in total. The summed E-state index contributed by atoms with van der Waals surface area (Å²) in [5.74, 6) is 0.00756. The average Bonchev–Trinajstić information content (AvgIpc) is 2.59. The Balaban J connectivity index is 2.09. The third kappa shape index (κ3) is 4.62. The Morgan fingerprint density at radius 1 is 0.818 bits per heavy atom. The molecule has 2 aromatic heterocycles. The van der Waals surface area contributed by atoms with Gasteiger partial charge in [0.1, 0.15) is 0 Å². The highest BCUT2D eigenvalue weighted by Crippen LogP contribution is 1.98. The highest BCUT2D eigenvalue weighted by Gasteiger charge is 2.07. The van der Waals surface area contributed by atoms with Crippen LogP contribution >= 0.6 is 0 Å². The van der Waals surface area contributed by atoms with E-state index in [4.69, 9.17) is 10.4 Å². The molecule has 0 unspecified atom stereocenters. The van der Waals surface area contributed by atoms with Crippen LogP contribution in [0.2, 0.25) is 0 Å². The fraction of sp³-hybridized carbons (Fsp3) is 0.143. The first-order valence-electron chi connectivity index (χ1n) is 6.52. The van der Waals surface area contributed by atoms with E-state index in [-0.39, 0.29) is 24.8 Å². The topological polar surface area (TPSA) is 115 Å². The summed E-state index contributed by atoms with van der Waals surface area (Å²) in [6.07, 6.45) is 3.30. The summed E-state index contributed by atoms with van der Waals surface area (Å²) < 4.78 is 0. The molecule has 0 aliphatic heterocycles. The molecule has 0 aliphatic carbocycles. The number of aromatic nitrogens is 2. The van der Waals surface area contributed by atoms with E-state index >= 15 is 0 Å². The molecular weight excluding hydrogens is 284 g/mol. The zero-order chi connectivity index (χ0) is 15.6. The van der Waals surface area contributed by atoms with E-state index < -0.39 is 0 Å². The van der Waals surface area contributed by atoms with Gasteiger partial charge in [0, 0.05) is 12.4 Å². The van der Waals surface area contributed by atoms with E-state index in [9.17, 15) is 0 Å². The molecule has 0 radical (unpaired) electrons. The molecule has 0 fully saturated rings. The molecule has 0 aromatic carbocycles. The Labute approximate surface area is 127 Å². The van der Waals surface area contributed by atoms with Crippen LogP contribution < -0.4 is 11.0 Å². The Morgan fingerprint density at radius 2 is 1.27 bits per heavy atom. The van der Waals surface area contributed by atoms with Crippen molar-refractivity contribution in [1.29, 1.82) is 0 Å². The van der Waals surface area contributed by atoms with Crippen molar-refractivity contribution in [2.45, 2.75) is 13.1 Å². The van der Waals surface area contributed by atoms with E-state index in [2.05, 4.69) is 20.0 Å². The third-order valence-electron chi connectivity index (χ3n) is 2.69. The van der Waals surface area contributed by atoms with Crippen LogP contribution in [0.15, 0.2) is 58.8 Å². The minimum absolute atomic E-state index is 0.00378. The van der Waals surface area contributed by atoms with Gasteiger partial charge in [-0.15, -0.1) is 0 Å². The minimum atomic E-state index is 0.00378. The van der Waals surface area contributed by atoms with Gasteiger partial charge >= 0.3 is 0 Å². The fourth-order valence-corrected chi connectivity index (χ4v) is 1.63. The number of amidine groups is 2. The first kappa shape index (κ1) is 15.5. The Bertz CT molecular complexity index is 573. The summed E-state index contributed by atoms with van der Waals surface area (Å²) in [6.45, 7) is 0.460. The second-order valence-corrected chi connectivity index (χ2v) is 4.20. The molecule has 2 rings (SSSR count). The molecule has 0 atom stereocenters. The van der Waals surface area contributed by atoms with Crippen LogP contribution in [-0.4, -0.2) is 32.1 Å². The van der Waals surface area contributed by atoms with Crippen molar-refractivity contribution >= 4 is 11.7 Å². The normalized spacial score (nSPS) is 12.1. The number of pyridine rings is 2. The molecule has 0 saturated carbocycles. The zero-order valence-corrected chi connectivity index (χ0v) is 11.7. The molecule has 0 spiro atoms. The van der Waals surface area contributed by atoms with Crippen molar-refractivity contribution in [3.05, 3.63) is 60.2 Å². The van der Waals surface area contributed by atoms with Gasteiger partial charge in [0.2, 0.25) is 0 Å². The first-order valence-corrected chi connectivity index (χ1v) is 6.52. The van der Waals surface area contributed by atoms with Crippen LogP contribution in [0.1, 0.15) is 11.4 Å². The molecule has 0 bridgehead atoms. The fourth-order valence-electron chi connectivity index (χ4n) is 1.63. The molecule has 0 aliphatic rings. The highest BCUT2D eigenvalue weighted by atomic mass is 16.5. The number of nitrogens with one attached hydrogen (secondary N) is 2. The average molecular weight is 300 g/mol. The van der Waals surface area contributed by atoms with Crippen molar-refractivity contribution in [2.24, 2.45) is 9.98 Å². The maximum absolute atomic E-state index is 9.15. The minimum Gasteiger partial charge on any atom is -0.290 e. The number of rotatable bonds is 4. The second-order valence-electron chi connectivity index (χ2n) is 4.20. The van der Waals surface area contributed by atoms with Crippen LogP contribution in [0.4, 0.5) is 0 Å². The Hall–Kier alpha value is -2.84. The summed E-state index contributed by atoms with van der Waals surface area (Å²) in [6, 6.07) is 10.9. The van der Waals surface area contributed by atoms with Crippen LogP contribution in [0.25, 0.3) is 0 Å². The Morgan fingerprint density at radius 3 is 1.59 bits per heavy atom. The summed E-state index contributed by atoms with van der Waals surface area (Å²) in [5, 5.41) is 18.3. The van der Waals surface area contributed by atoms with Crippen LogP contribution in [0, 0.1) is 0 Å². The van der Waals surface area contributed by atoms with Gasteiger partial charge < -0.3 is 0 Å². The van der Waals surface area contributed by atoms with Gasteiger partial charge in [-0.3, -0.25) is 30.4 Å². The van der Waals surface area contributed by atoms with Crippen LogP contribution in [0.3, 0.4) is 0 Å². The lowest BCUT2D eigenvalue weighted by atomic mass is 10.3. The maximum atomic E-state index is 9.15. The van der Waals surface area contributed by atoms with E-state index in [1.165, 1.54) is 0 Å². The monoisotopic (exact) mass is 300 g/mol. The molecule has 8 nitrogen and oxygen atoms in total.